The molecule has 0 radical (unpaired) electrons. The van der Waals surface area contributed by atoms with Crippen LogP contribution < -0.4 is 0 Å². The lowest BCUT2D eigenvalue weighted by molar-refractivity contribution is -0.122. The van der Waals surface area contributed by atoms with Gasteiger partial charge in [-0.05, 0) is 51.1 Å². The van der Waals surface area contributed by atoms with Crippen LogP contribution in [0.4, 0.5) is 0 Å². The lowest BCUT2D eigenvalue weighted by atomic mass is 9.93. The highest BCUT2D eigenvalue weighted by molar-refractivity contribution is 5.78. The molecule has 1 aliphatic rings. The second-order valence-corrected chi connectivity index (χ2v) is 5.75. The molecule has 0 unspecified atom stereocenters. The highest BCUT2D eigenvalue weighted by Crippen LogP contribution is 2.19. The highest BCUT2D eigenvalue weighted by atomic mass is 16.1. The predicted octanol–water partition coefficient (Wildman–Crippen LogP) is 2.67. The molecule has 2 heterocycles. The van der Waals surface area contributed by atoms with E-state index in [-0.39, 0.29) is 5.92 Å². The van der Waals surface area contributed by atoms with E-state index in [1.165, 1.54) is 0 Å². The molecule has 0 aliphatic carbocycles. The Bertz CT molecular complexity index is 598. The SMILES string of the molecule is CC(=O)C1CCN(Cc2ccn(-c3ccccc3)n2)CC1. The molecule has 0 spiro atoms. The number of piperidine rings is 1. The van der Waals surface area contributed by atoms with Crippen molar-refractivity contribution in [2.75, 3.05) is 13.1 Å². The first-order valence-corrected chi connectivity index (χ1v) is 7.55. The van der Waals surface area contributed by atoms with E-state index in [0.717, 1.165) is 43.9 Å². The van der Waals surface area contributed by atoms with Crippen molar-refractivity contribution in [3.8, 4) is 5.69 Å². The van der Waals surface area contributed by atoms with Crippen molar-refractivity contribution < 1.29 is 4.79 Å². The molecule has 110 valence electrons. The van der Waals surface area contributed by atoms with Crippen molar-refractivity contribution in [2.24, 2.45) is 5.92 Å². The molecular weight excluding hydrogens is 262 g/mol. The molecule has 1 saturated heterocycles. The van der Waals surface area contributed by atoms with E-state index in [4.69, 9.17) is 0 Å². The molecule has 0 atom stereocenters. The molecule has 1 aliphatic heterocycles. The Hall–Kier alpha value is -1.94. The third kappa shape index (κ3) is 3.39. The first kappa shape index (κ1) is 14.0. The van der Waals surface area contributed by atoms with Gasteiger partial charge in [0.1, 0.15) is 5.78 Å². The van der Waals surface area contributed by atoms with Gasteiger partial charge in [0.2, 0.25) is 0 Å². The van der Waals surface area contributed by atoms with Crippen molar-refractivity contribution in [3.05, 3.63) is 48.3 Å². The van der Waals surface area contributed by atoms with Crippen LogP contribution in [0, 0.1) is 5.92 Å². The van der Waals surface area contributed by atoms with Crippen molar-refractivity contribution in [2.45, 2.75) is 26.3 Å². The van der Waals surface area contributed by atoms with Gasteiger partial charge in [0.15, 0.2) is 0 Å². The van der Waals surface area contributed by atoms with E-state index in [1.54, 1.807) is 6.92 Å². The van der Waals surface area contributed by atoms with Crippen molar-refractivity contribution in [1.29, 1.82) is 0 Å². The number of benzene rings is 1. The Balaban J connectivity index is 1.60. The van der Waals surface area contributed by atoms with Gasteiger partial charge in [-0.15, -0.1) is 0 Å². The normalized spacial score (nSPS) is 17.0. The van der Waals surface area contributed by atoms with Crippen molar-refractivity contribution in [3.63, 3.8) is 0 Å². The number of likely N-dealkylation sites (tertiary alicyclic amines) is 1. The maximum atomic E-state index is 11.4. The smallest absolute Gasteiger partial charge is 0.133 e. The summed E-state index contributed by atoms with van der Waals surface area (Å²) in [5, 5.41) is 4.64. The second-order valence-electron chi connectivity index (χ2n) is 5.75. The molecular formula is C17H21N3O. The van der Waals surface area contributed by atoms with Crippen LogP contribution in [0.15, 0.2) is 42.6 Å². The molecule has 0 N–H and O–H groups in total. The van der Waals surface area contributed by atoms with E-state index in [1.807, 2.05) is 29.1 Å². The minimum atomic E-state index is 0.267. The maximum absolute atomic E-state index is 11.4. The summed E-state index contributed by atoms with van der Waals surface area (Å²) in [6.45, 7) is 4.55. The van der Waals surface area contributed by atoms with Crippen LogP contribution in [0.3, 0.4) is 0 Å². The van der Waals surface area contributed by atoms with E-state index in [9.17, 15) is 4.79 Å². The van der Waals surface area contributed by atoms with Gasteiger partial charge in [-0.2, -0.15) is 5.10 Å². The van der Waals surface area contributed by atoms with Crippen molar-refractivity contribution in [1.82, 2.24) is 14.7 Å². The number of hydrogen-bond donors (Lipinski definition) is 0. The van der Waals surface area contributed by atoms with Crippen LogP contribution in [0.25, 0.3) is 5.69 Å². The Morgan fingerprint density at radius 1 is 1.19 bits per heavy atom. The molecule has 0 amide bonds. The summed E-state index contributed by atoms with van der Waals surface area (Å²) >= 11 is 0. The lowest BCUT2D eigenvalue weighted by Crippen LogP contribution is -2.35. The summed E-state index contributed by atoms with van der Waals surface area (Å²) < 4.78 is 1.91. The third-order valence-electron chi connectivity index (χ3n) is 4.21. The summed E-state index contributed by atoms with van der Waals surface area (Å²) in [6.07, 6.45) is 3.97. The summed E-state index contributed by atoms with van der Waals surface area (Å²) in [5.41, 5.74) is 2.17. The van der Waals surface area contributed by atoms with Crippen LogP contribution in [0.5, 0.6) is 0 Å². The fourth-order valence-corrected chi connectivity index (χ4v) is 2.90. The quantitative estimate of drug-likeness (QED) is 0.866. The molecule has 3 rings (SSSR count). The Morgan fingerprint density at radius 3 is 2.57 bits per heavy atom. The number of para-hydroxylation sites is 1. The first-order chi connectivity index (χ1) is 10.2. The molecule has 4 nitrogen and oxygen atoms in total. The van der Waals surface area contributed by atoms with Gasteiger partial charge < -0.3 is 0 Å². The number of rotatable bonds is 4. The summed E-state index contributed by atoms with van der Waals surface area (Å²) in [5.74, 6) is 0.603. The number of Topliss-reactive ketones (excluding diaryl/α,β-unsaturated/α-hetero) is 1. The average molecular weight is 283 g/mol. The van der Waals surface area contributed by atoms with Gasteiger partial charge in [0, 0.05) is 18.7 Å². The van der Waals surface area contributed by atoms with Crippen LogP contribution in [-0.4, -0.2) is 33.6 Å². The molecule has 0 bridgehead atoms. The predicted molar refractivity (Wildman–Crippen MR) is 82.2 cm³/mol. The fraction of sp³-hybridized carbons (Fsp3) is 0.412. The zero-order chi connectivity index (χ0) is 14.7. The lowest BCUT2D eigenvalue weighted by Gasteiger charge is -2.30. The van der Waals surface area contributed by atoms with Gasteiger partial charge in [-0.3, -0.25) is 9.69 Å². The number of carbonyl (C=O) groups is 1. The van der Waals surface area contributed by atoms with Gasteiger partial charge in [0.05, 0.1) is 11.4 Å². The molecule has 21 heavy (non-hydrogen) atoms. The van der Waals surface area contributed by atoms with Crippen molar-refractivity contribution >= 4 is 5.78 Å². The van der Waals surface area contributed by atoms with E-state index >= 15 is 0 Å². The summed E-state index contributed by atoms with van der Waals surface area (Å²) in [6, 6.07) is 12.2. The first-order valence-electron chi connectivity index (χ1n) is 7.55. The molecule has 1 fully saturated rings. The van der Waals surface area contributed by atoms with Crippen LogP contribution >= 0.6 is 0 Å². The zero-order valence-electron chi connectivity index (χ0n) is 12.4. The third-order valence-corrected chi connectivity index (χ3v) is 4.21. The standard InChI is InChI=1S/C17H21N3O/c1-14(21)15-7-10-19(11-8-15)13-16-9-12-20(18-16)17-5-3-2-4-6-17/h2-6,9,12,15H,7-8,10-11,13H2,1H3. The summed E-state index contributed by atoms with van der Waals surface area (Å²) in [7, 11) is 0. The second kappa shape index (κ2) is 6.22. The minimum Gasteiger partial charge on any atom is -0.300 e. The maximum Gasteiger partial charge on any atom is 0.133 e. The number of aromatic nitrogens is 2. The van der Waals surface area contributed by atoms with Gasteiger partial charge >= 0.3 is 0 Å². The Morgan fingerprint density at radius 2 is 1.90 bits per heavy atom. The Kier molecular flexibility index (Phi) is 4.15. The zero-order valence-corrected chi connectivity index (χ0v) is 12.4. The van der Waals surface area contributed by atoms with Gasteiger partial charge in [-0.25, -0.2) is 4.68 Å². The highest BCUT2D eigenvalue weighted by Gasteiger charge is 2.22. The largest absolute Gasteiger partial charge is 0.300 e. The van der Waals surface area contributed by atoms with Gasteiger partial charge in [0.25, 0.3) is 0 Å². The molecule has 4 heteroatoms. The monoisotopic (exact) mass is 283 g/mol. The Labute approximate surface area is 125 Å². The topological polar surface area (TPSA) is 38.1 Å². The number of carbonyl (C=O) groups excluding carboxylic acids is 1. The van der Waals surface area contributed by atoms with E-state index < -0.39 is 0 Å². The molecule has 1 aromatic heterocycles. The number of nitrogens with zero attached hydrogens (tertiary/aromatic N) is 3. The fourth-order valence-electron chi connectivity index (χ4n) is 2.90. The van der Waals surface area contributed by atoms with E-state index in [0.29, 0.717) is 5.78 Å². The van der Waals surface area contributed by atoms with Crippen LogP contribution in [-0.2, 0) is 11.3 Å². The van der Waals surface area contributed by atoms with E-state index in [2.05, 4.69) is 28.2 Å². The van der Waals surface area contributed by atoms with Crippen LogP contribution in [0.2, 0.25) is 0 Å². The number of hydrogen-bond acceptors (Lipinski definition) is 3. The summed E-state index contributed by atoms with van der Waals surface area (Å²) in [4.78, 5) is 13.8. The van der Waals surface area contributed by atoms with Crippen LogP contribution in [0.1, 0.15) is 25.5 Å². The molecule has 0 saturated carbocycles. The average Bonchev–Trinajstić information content (AvgIpc) is 2.97. The van der Waals surface area contributed by atoms with Gasteiger partial charge in [-0.1, -0.05) is 18.2 Å². The molecule has 1 aromatic carbocycles. The molecule has 2 aromatic rings. The number of ketones is 1. The minimum absolute atomic E-state index is 0.267.